The molecule has 1 aromatic heterocycles. The zero-order chi connectivity index (χ0) is 22.5. The van der Waals surface area contributed by atoms with Gasteiger partial charge in [0.15, 0.2) is 0 Å². The average Bonchev–Trinajstić information content (AvgIpc) is 3.21. The Morgan fingerprint density at radius 2 is 1.59 bits per heavy atom. The fourth-order valence-corrected chi connectivity index (χ4v) is 3.65. The number of imidazole rings is 1. The highest BCUT2D eigenvalue weighted by molar-refractivity contribution is 5.95. The second kappa shape index (κ2) is 9.31. The SMILES string of the molecule is Cn1cc(-c2ccc(C(=N)N)cc2)nc1C(Cc1ccccc1)NC(=O)c1ccccc1. The van der Waals surface area contributed by atoms with Crippen molar-refractivity contribution in [1.82, 2.24) is 14.9 Å². The van der Waals surface area contributed by atoms with Crippen LogP contribution in [-0.2, 0) is 13.5 Å². The molecule has 0 fully saturated rings. The summed E-state index contributed by atoms with van der Waals surface area (Å²) in [6.07, 6.45) is 2.57. The first kappa shape index (κ1) is 21.1. The maximum atomic E-state index is 12.9. The summed E-state index contributed by atoms with van der Waals surface area (Å²) in [5, 5.41) is 10.7. The molecule has 4 aromatic rings. The first-order chi connectivity index (χ1) is 15.5. The number of carbonyl (C=O) groups excluding carboxylic acids is 1. The highest BCUT2D eigenvalue weighted by atomic mass is 16.1. The van der Waals surface area contributed by atoms with Crippen LogP contribution in [0.3, 0.4) is 0 Å². The third-order valence-corrected chi connectivity index (χ3v) is 5.34. The zero-order valence-electron chi connectivity index (χ0n) is 17.8. The molecule has 4 N–H and O–H groups in total. The summed E-state index contributed by atoms with van der Waals surface area (Å²) >= 11 is 0. The smallest absolute Gasteiger partial charge is 0.251 e. The van der Waals surface area contributed by atoms with E-state index in [9.17, 15) is 4.79 Å². The van der Waals surface area contributed by atoms with Gasteiger partial charge in [0.05, 0.1) is 11.7 Å². The molecule has 0 aliphatic carbocycles. The summed E-state index contributed by atoms with van der Waals surface area (Å²) < 4.78 is 1.95. The number of nitrogens with one attached hydrogen (secondary N) is 2. The standard InChI is InChI=1S/C26H25N5O/c1-31-17-23(19-12-14-20(15-13-19)24(27)28)29-25(31)22(16-18-8-4-2-5-9-18)30-26(32)21-10-6-3-7-11-21/h2-15,17,22H,16H2,1H3,(H3,27,28)(H,30,32). The van der Waals surface area contributed by atoms with E-state index in [1.807, 2.05) is 90.6 Å². The van der Waals surface area contributed by atoms with Crippen molar-refractivity contribution in [3.63, 3.8) is 0 Å². The van der Waals surface area contributed by atoms with Gasteiger partial charge in [0.1, 0.15) is 11.7 Å². The lowest BCUT2D eigenvalue weighted by molar-refractivity contribution is 0.0934. The van der Waals surface area contributed by atoms with Crippen LogP contribution in [0, 0.1) is 5.41 Å². The van der Waals surface area contributed by atoms with Crippen LogP contribution in [0.5, 0.6) is 0 Å². The molecular formula is C26H25N5O. The number of aryl methyl sites for hydroxylation is 1. The number of rotatable bonds is 7. The van der Waals surface area contributed by atoms with Gasteiger partial charge in [0.25, 0.3) is 5.91 Å². The lowest BCUT2D eigenvalue weighted by Crippen LogP contribution is -2.31. The van der Waals surface area contributed by atoms with Gasteiger partial charge in [-0.2, -0.15) is 0 Å². The largest absolute Gasteiger partial charge is 0.384 e. The minimum absolute atomic E-state index is 0.0322. The van der Waals surface area contributed by atoms with Gasteiger partial charge in [-0.1, -0.05) is 72.8 Å². The van der Waals surface area contributed by atoms with E-state index in [0.29, 0.717) is 17.5 Å². The molecule has 1 unspecified atom stereocenters. The second-order valence-corrected chi connectivity index (χ2v) is 7.67. The first-order valence-corrected chi connectivity index (χ1v) is 10.4. The number of nitrogens with zero attached hydrogens (tertiary/aromatic N) is 2. The van der Waals surface area contributed by atoms with Crippen LogP contribution >= 0.6 is 0 Å². The topological polar surface area (TPSA) is 96.8 Å². The number of hydrogen-bond acceptors (Lipinski definition) is 3. The van der Waals surface area contributed by atoms with Gasteiger partial charge >= 0.3 is 0 Å². The second-order valence-electron chi connectivity index (χ2n) is 7.67. The van der Waals surface area contributed by atoms with E-state index in [1.165, 1.54) is 0 Å². The Kier molecular flexibility index (Phi) is 6.12. The van der Waals surface area contributed by atoms with E-state index >= 15 is 0 Å². The predicted octanol–water partition coefficient (Wildman–Crippen LogP) is 4.08. The van der Waals surface area contributed by atoms with Crippen molar-refractivity contribution in [2.75, 3.05) is 0 Å². The Balaban J connectivity index is 1.65. The molecule has 0 saturated carbocycles. The maximum Gasteiger partial charge on any atom is 0.251 e. The highest BCUT2D eigenvalue weighted by Gasteiger charge is 2.22. The first-order valence-electron chi connectivity index (χ1n) is 10.4. The van der Waals surface area contributed by atoms with Crippen LogP contribution < -0.4 is 11.1 Å². The summed E-state index contributed by atoms with van der Waals surface area (Å²) in [6.45, 7) is 0. The molecule has 0 aliphatic rings. The molecule has 6 nitrogen and oxygen atoms in total. The molecule has 160 valence electrons. The highest BCUT2D eigenvalue weighted by Crippen LogP contribution is 2.24. The summed E-state index contributed by atoms with van der Waals surface area (Å²) in [6, 6.07) is 26.4. The monoisotopic (exact) mass is 423 g/mol. The Morgan fingerprint density at radius 1 is 0.969 bits per heavy atom. The van der Waals surface area contributed by atoms with Gasteiger partial charge in [-0.3, -0.25) is 10.2 Å². The van der Waals surface area contributed by atoms with E-state index in [1.54, 1.807) is 12.1 Å². The van der Waals surface area contributed by atoms with Gasteiger partial charge < -0.3 is 15.6 Å². The van der Waals surface area contributed by atoms with Crippen molar-refractivity contribution in [3.05, 3.63) is 114 Å². The molecule has 4 rings (SSSR count). The third kappa shape index (κ3) is 4.75. The predicted molar refractivity (Wildman–Crippen MR) is 126 cm³/mol. The Morgan fingerprint density at radius 3 is 2.22 bits per heavy atom. The van der Waals surface area contributed by atoms with Crippen LogP contribution in [-0.4, -0.2) is 21.3 Å². The molecule has 3 aromatic carbocycles. The Hall–Kier alpha value is -4.19. The van der Waals surface area contributed by atoms with Crippen LogP contribution in [0.2, 0.25) is 0 Å². The molecule has 0 spiro atoms. The molecule has 0 aliphatic heterocycles. The van der Waals surface area contributed by atoms with E-state index < -0.39 is 0 Å². The molecule has 0 radical (unpaired) electrons. The number of aromatic nitrogens is 2. The lowest BCUT2D eigenvalue weighted by atomic mass is 10.0. The minimum Gasteiger partial charge on any atom is -0.384 e. The van der Waals surface area contributed by atoms with Crippen LogP contribution in [0.25, 0.3) is 11.3 Å². The normalized spacial score (nSPS) is 11.7. The number of benzene rings is 3. The van der Waals surface area contributed by atoms with Crippen LogP contribution in [0.15, 0.2) is 91.1 Å². The lowest BCUT2D eigenvalue weighted by Gasteiger charge is -2.19. The molecular weight excluding hydrogens is 398 g/mol. The van der Waals surface area contributed by atoms with Crippen molar-refractivity contribution in [2.24, 2.45) is 12.8 Å². The molecule has 0 saturated heterocycles. The van der Waals surface area contributed by atoms with Crippen molar-refractivity contribution in [1.29, 1.82) is 5.41 Å². The van der Waals surface area contributed by atoms with Crippen molar-refractivity contribution < 1.29 is 4.79 Å². The molecule has 1 atom stereocenters. The third-order valence-electron chi connectivity index (χ3n) is 5.34. The van der Waals surface area contributed by atoms with Gasteiger partial charge in [-0.15, -0.1) is 0 Å². The van der Waals surface area contributed by atoms with Gasteiger partial charge in [0.2, 0.25) is 0 Å². The molecule has 6 heteroatoms. The fraction of sp³-hybridized carbons (Fsp3) is 0.115. The van der Waals surface area contributed by atoms with Crippen LogP contribution in [0.1, 0.15) is 33.4 Å². The van der Waals surface area contributed by atoms with Crippen molar-refractivity contribution in [3.8, 4) is 11.3 Å². The zero-order valence-corrected chi connectivity index (χ0v) is 17.8. The maximum absolute atomic E-state index is 12.9. The number of amidine groups is 1. The van der Waals surface area contributed by atoms with E-state index in [4.69, 9.17) is 16.1 Å². The van der Waals surface area contributed by atoms with Gasteiger partial charge in [-0.05, 0) is 24.1 Å². The summed E-state index contributed by atoms with van der Waals surface area (Å²) in [4.78, 5) is 17.8. The fourth-order valence-electron chi connectivity index (χ4n) is 3.65. The average molecular weight is 424 g/mol. The molecule has 1 heterocycles. The Bertz CT molecular complexity index is 1210. The van der Waals surface area contributed by atoms with E-state index in [-0.39, 0.29) is 17.8 Å². The van der Waals surface area contributed by atoms with Crippen molar-refractivity contribution in [2.45, 2.75) is 12.5 Å². The molecule has 0 bridgehead atoms. The summed E-state index contributed by atoms with van der Waals surface area (Å²) in [5.41, 5.74) is 9.67. The molecule has 1 amide bonds. The van der Waals surface area contributed by atoms with E-state index in [0.717, 1.165) is 22.6 Å². The van der Waals surface area contributed by atoms with Gasteiger partial charge in [-0.25, -0.2) is 4.98 Å². The van der Waals surface area contributed by atoms with Gasteiger partial charge in [0, 0.05) is 29.9 Å². The number of nitrogens with two attached hydrogens (primary N) is 1. The minimum atomic E-state index is -0.305. The van der Waals surface area contributed by atoms with E-state index in [2.05, 4.69) is 5.32 Å². The van der Waals surface area contributed by atoms with Crippen molar-refractivity contribution >= 4 is 11.7 Å². The number of carbonyl (C=O) groups is 1. The quantitative estimate of drug-likeness (QED) is 0.309. The molecule has 32 heavy (non-hydrogen) atoms. The Labute approximate surface area is 187 Å². The summed E-state index contributed by atoms with van der Waals surface area (Å²) in [7, 11) is 1.93. The number of hydrogen-bond donors (Lipinski definition) is 3. The summed E-state index contributed by atoms with van der Waals surface area (Å²) in [5.74, 6) is 0.662. The number of nitrogen functional groups attached to an aromatic ring is 1. The van der Waals surface area contributed by atoms with Crippen LogP contribution in [0.4, 0.5) is 0 Å². The number of amides is 1.